The maximum atomic E-state index is 13.8. The Kier molecular flexibility index (Phi) is 10.4. The summed E-state index contributed by atoms with van der Waals surface area (Å²) in [7, 11) is 0. The normalized spacial score (nSPS) is 12.4. The monoisotopic (exact) mass is 642 g/mol. The SMILES string of the molecule is O=C(NC(c1ccc(C(F)(F)F)cc1)c1ncccc1C(F)(F)F)c1cccc(C(=O)c2ccccc2)c1.O=C(O)C(F)(F)F. The number of aromatic nitrogens is 1. The number of alkyl halides is 9. The molecule has 0 fully saturated rings. The number of rotatable bonds is 6. The van der Waals surface area contributed by atoms with Crippen molar-refractivity contribution in [2.75, 3.05) is 0 Å². The molecule has 236 valence electrons. The molecular weight excluding hydrogens is 623 g/mol. The van der Waals surface area contributed by atoms with Crippen LogP contribution in [0.1, 0.15) is 54.7 Å². The molecule has 0 spiro atoms. The van der Waals surface area contributed by atoms with Gasteiger partial charge in [-0.25, -0.2) is 4.79 Å². The van der Waals surface area contributed by atoms with Gasteiger partial charge in [-0.3, -0.25) is 14.6 Å². The number of carboxylic acid groups (broad SMARTS) is 1. The third-order valence-electron chi connectivity index (χ3n) is 5.93. The summed E-state index contributed by atoms with van der Waals surface area (Å²) in [5, 5.41) is 9.57. The Morgan fingerprint density at radius 2 is 1.22 bits per heavy atom. The van der Waals surface area contributed by atoms with Crippen molar-refractivity contribution in [1.82, 2.24) is 10.3 Å². The Morgan fingerprint density at radius 1 is 0.667 bits per heavy atom. The number of nitrogens with zero attached hydrogens (tertiary/aromatic N) is 1. The fourth-order valence-corrected chi connectivity index (χ4v) is 3.83. The second kappa shape index (κ2) is 13.6. The number of halogens is 9. The van der Waals surface area contributed by atoms with Crippen LogP contribution in [0.2, 0.25) is 0 Å². The number of carboxylic acids is 1. The van der Waals surface area contributed by atoms with Crippen molar-refractivity contribution >= 4 is 17.7 Å². The number of pyridine rings is 1. The molecule has 4 aromatic rings. The summed E-state index contributed by atoms with van der Waals surface area (Å²) in [6.07, 6.45) is -13.5. The van der Waals surface area contributed by atoms with Crippen LogP contribution < -0.4 is 5.32 Å². The number of hydrogen-bond acceptors (Lipinski definition) is 4. The maximum absolute atomic E-state index is 13.8. The van der Waals surface area contributed by atoms with Gasteiger partial charge in [-0.05, 0) is 42.0 Å². The van der Waals surface area contributed by atoms with Gasteiger partial charge in [0, 0.05) is 22.9 Å². The van der Waals surface area contributed by atoms with Crippen LogP contribution in [0.3, 0.4) is 0 Å². The molecule has 1 heterocycles. The van der Waals surface area contributed by atoms with Crippen molar-refractivity contribution in [2.24, 2.45) is 0 Å². The molecule has 45 heavy (non-hydrogen) atoms. The zero-order valence-corrected chi connectivity index (χ0v) is 22.3. The van der Waals surface area contributed by atoms with Crippen LogP contribution in [0.5, 0.6) is 0 Å². The Hall–Kier alpha value is -5.21. The molecule has 0 bridgehead atoms. The first-order valence-electron chi connectivity index (χ1n) is 12.4. The summed E-state index contributed by atoms with van der Waals surface area (Å²) < 4.78 is 112. The third-order valence-corrected chi connectivity index (χ3v) is 5.93. The van der Waals surface area contributed by atoms with Crippen LogP contribution in [0.4, 0.5) is 39.5 Å². The molecule has 15 heteroatoms. The summed E-state index contributed by atoms with van der Waals surface area (Å²) in [5.41, 5.74) is -2.29. The first kappa shape index (κ1) is 34.3. The van der Waals surface area contributed by atoms with E-state index < -0.39 is 53.3 Å². The minimum Gasteiger partial charge on any atom is -0.475 e. The highest BCUT2D eigenvalue weighted by atomic mass is 19.4. The topological polar surface area (TPSA) is 96.4 Å². The lowest BCUT2D eigenvalue weighted by molar-refractivity contribution is -0.192. The molecule has 0 aliphatic carbocycles. The number of aliphatic carboxylic acids is 1. The number of hydrogen-bond donors (Lipinski definition) is 2. The van der Waals surface area contributed by atoms with Gasteiger partial charge in [0.15, 0.2) is 5.78 Å². The second-order valence-corrected chi connectivity index (χ2v) is 9.04. The lowest BCUT2D eigenvalue weighted by Gasteiger charge is -2.23. The van der Waals surface area contributed by atoms with Gasteiger partial charge in [0.25, 0.3) is 5.91 Å². The molecule has 6 nitrogen and oxygen atoms in total. The predicted octanol–water partition coefficient (Wildman–Crippen LogP) is 7.50. The van der Waals surface area contributed by atoms with Gasteiger partial charge in [-0.15, -0.1) is 0 Å². The van der Waals surface area contributed by atoms with E-state index in [-0.39, 0.29) is 22.5 Å². The van der Waals surface area contributed by atoms with Gasteiger partial charge >= 0.3 is 24.5 Å². The summed E-state index contributed by atoms with van der Waals surface area (Å²) in [6, 6.07) is 17.5. The van der Waals surface area contributed by atoms with Crippen LogP contribution in [-0.4, -0.2) is 33.9 Å². The van der Waals surface area contributed by atoms with Gasteiger partial charge in [0.1, 0.15) is 0 Å². The van der Waals surface area contributed by atoms with E-state index in [2.05, 4.69) is 10.3 Å². The molecule has 1 amide bonds. The fraction of sp³-hybridized carbons (Fsp3) is 0.133. The second-order valence-electron chi connectivity index (χ2n) is 9.04. The molecule has 0 saturated heterocycles. The third kappa shape index (κ3) is 9.14. The van der Waals surface area contributed by atoms with Crippen LogP contribution in [-0.2, 0) is 17.1 Å². The van der Waals surface area contributed by atoms with Crippen molar-refractivity contribution in [3.63, 3.8) is 0 Å². The van der Waals surface area contributed by atoms with Crippen molar-refractivity contribution in [3.8, 4) is 0 Å². The minimum atomic E-state index is -5.08. The molecule has 3 aromatic carbocycles. The quantitative estimate of drug-likeness (QED) is 0.168. The zero-order chi connectivity index (χ0) is 33.6. The molecule has 2 N–H and O–H groups in total. The average molecular weight is 642 g/mol. The van der Waals surface area contributed by atoms with E-state index in [4.69, 9.17) is 9.90 Å². The lowest BCUT2D eigenvalue weighted by Crippen LogP contribution is -2.32. The summed E-state index contributed by atoms with van der Waals surface area (Å²) in [4.78, 5) is 38.7. The molecule has 1 aromatic heterocycles. The number of carbonyl (C=O) groups is 3. The first-order valence-corrected chi connectivity index (χ1v) is 12.4. The summed E-state index contributed by atoms with van der Waals surface area (Å²) in [6.45, 7) is 0. The van der Waals surface area contributed by atoms with Crippen molar-refractivity contribution < 1.29 is 59.0 Å². The van der Waals surface area contributed by atoms with Gasteiger partial charge < -0.3 is 10.4 Å². The number of benzene rings is 3. The van der Waals surface area contributed by atoms with Gasteiger partial charge in [0.2, 0.25) is 0 Å². The molecule has 0 radical (unpaired) electrons. The van der Waals surface area contributed by atoms with E-state index in [9.17, 15) is 49.1 Å². The molecule has 4 rings (SSSR count). The smallest absolute Gasteiger partial charge is 0.475 e. The van der Waals surface area contributed by atoms with Crippen LogP contribution in [0, 0.1) is 0 Å². The average Bonchev–Trinajstić information content (AvgIpc) is 2.99. The maximum Gasteiger partial charge on any atom is 0.490 e. The molecular formula is C30H19F9N2O4. The highest BCUT2D eigenvalue weighted by Crippen LogP contribution is 2.36. The van der Waals surface area contributed by atoms with Crippen molar-refractivity contribution in [3.05, 3.63) is 136 Å². The van der Waals surface area contributed by atoms with Crippen molar-refractivity contribution in [2.45, 2.75) is 24.6 Å². The molecule has 0 aliphatic heterocycles. The van der Waals surface area contributed by atoms with E-state index in [1.54, 1.807) is 30.3 Å². The van der Waals surface area contributed by atoms with Gasteiger partial charge in [-0.1, -0.05) is 54.6 Å². The molecule has 0 saturated carbocycles. The number of nitrogens with one attached hydrogen (secondary N) is 1. The molecule has 1 atom stereocenters. The van der Waals surface area contributed by atoms with Crippen LogP contribution >= 0.6 is 0 Å². The largest absolute Gasteiger partial charge is 0.490 e. The van der Waals surface area contributed by atoms with E-state index in [1.807, 2.05) is 0 Å². The first-order chi connectivity index (χ1) is 20.9. The fourth-order valence-electron chi connectivity index (χ4n) is 3.83. The van der Waals surface area contributed by atoms with Crippen LogP contribution in [0.15, 0.2) is 97.2 Å². The number of carbonyl (C=O) groups excluding carboxylic acids is 2. The zero-order valence-electron chi connectivity index (χ0n) is 22.3. The van der Waals surface area contributed by atoms with E-state index in [0.717, 1.165) is 30.5 Å². The summed E-state index contributed by atoms with van der Waals surface area (Å²) >= 11 is 0. The van der Waals surface area contributed by atoms with E-state index in [0.29, 0.717) is 17.7 Å². The standard InChI is InChI=1S/C28H18F6N2O2.C2HF3O2/c29-27(30,31)21-13-11-17(12-14-21)23(24-22(28(32,33)34)10-5-15-35-24)36-26(38)20-9-4-8-19(16-20)25(37)18-6-2-1-3-7-18;3-2(4,5)1(6)7/h1-16,23H,(H,36,38);(H,6,7). The number of ketones is 1. The molecule has 1 unspecified atom stereocenters. The number of amides is 1. The minimum absolute atomic E-state index is 0.0341. The van der Waals surface area contributed by atoms with Crippen LogP contribution in [0.25, 0.3) is 0 Å². The Balaban J connectivity index is 0.000000707. The highest BCUT2D eigenvalue weighted by molar-refractivity contribution is 6.10. The predicted molar refractivity (Wildman–Crippen MR) is 140 cm³/mol. The Labute approximate surface area is 248 Å². The van der Waals surface area contributed by atoms with Gasteiger partial charge in [-0.2, -0.15) is 39.5 Å². The van der Waals surface area contributed by atoms with Crippen molar-refractivity contribution in [1.29, 1.82) is 0 Å². The summed E-state index contributed by atoms with van der Waals surface area (Å²) in [5.74, 6) is -3.98. The highest BCUT2D eigenvalue weighted by Gasteiger charge is 2.39. The molecule has 0 aliphatic rings. The van der Waals surface area contributed by atoms with Gasteiger partial charge in [0.05, 0.1) is 22.9 Å². The lowest BCUT2D eigenvalue weighted by atomic mass is 9.96. The van der Waals surface area contributed by atoms with E-state index in [1.165, 1.54) is 24.3 Å². The Morgan fingerprint density at radius 3 is 1.76 bits per heavy atom. The Bertz CT molecular complexity index is 1650. The van der Waals surface area contributed by atoms with E-state index >= 15 is 0 Å².